The van der Waals surface area contributed by atoms with Crippen LogP contribution in [0.1, 0.15) is 38.3 Å². The molecule has 0 aliphatic carbocycles. The van der Waals surface area contributed by atoms with Crippen molar-refractivity contribution in [3.05, 3.63) is 71.8 Å². The molecule has 1 atom stereocenters. The minimum Gasteiger partial charge on any atom is -0.114 e. The van der Waals surface area contributed by atoms with Crippen molar-refractivity contribution in [3.63, 3.8) is 0 Å². The standard InChI is InChI=1S/C18H21Cl/c1-17(2,15-10-6-4-7-11-15)14-18(3,19)16-12-8-5-9-13-16/h4-13H,14H2,1-3H3. The third-order valence-electron chi connectivity index (χ3n) is 3.70. The van der Waals surface area contributed by atoms with Crippen LogP contribution in [0.3, 0.4) is 0 Å². The zero-order valence-corrected chi connectivity index (χ0v) is 12.6. The molecule has 0 radical (unpaired) electrons. The van der Waals surface area contributed by atoms with Gasteiger partial charge in [0.1, 0.15) is 0 Å². The van der Waals surface area contributed by atoms with Crippen LogP contribution in [0.4, 0.5) is 0 Å². The quantitative estimate of drug-likeness (QED) is 0.644. The lowest BCUT2D eigenvalue weighted by Crippen LogP contribution is -2.28. The highest BCUT2D eigenvalue weighted by molar-refractivity contribution is 6.23. The Morgan fingerprint density at radius 2 is 1.16 bits per heavy atom. The second-order valence-electron chi connectivity index (χ2n) is 5.99. The maximum absolute atomic E-state index is 6.80. The van der Waals surface area contributed by atoms with E-state index in [1.165, 1.54) is 11.1 Å². The molecule has 0 bridgehead atoms. The molecule has 0 saturated heterocycles. The molecule has 0 heterocycles. The molecular formula is C18H21Cl. The molecule has 0 fully saturated rings. The van der Waals surface area contributed by atoms with E-state index in [0.717, 1.165) is 6.42 Å². The van der Waals surface area contributed by atoms with Gasteiger partial charge in [0.05, 0.1) is 4.87 Å². The molecule has 2 rings (SSSR count). The fourth-order valence-electron chi connectivity index (χ4n) is 2.71. The zero-order chi connectivity index (χ0) is 13.9. The van der Waals surface area contributed by atoms with E-state index in [4.69, 9.17) is 11.6 Å². The second-order valence-corrected chi connectivity index (χ2v) is 6.82. The highest BCUT2D eigenvalue weighted by Gasteiger charge is 2.33. The van der Waals surface area contributed by atoms with E-state index in [1.807, 2.05) is 18.2 Å². The van der Waals surface area contributed by atoms with Gasteiger partial charge < -0.3 is 0 Å². The summed E-state index contributed by atoms with van der Waals surface area (Å²) < 4.78 is 0. The molecule has 0 aliphatic rings. The number of rotatable bonds is 4. The third-order valence-corrected chi connectivity index (χ3v) is 4.06. The molecule has 0 amide bonds. The van der Waals surface area contributed by atoms with Crippen LogP contribution in [-0.4, -0.2) is 0 Å². The van der Waals surface area contributed by atoms with Gasteiger partial charge in [0, 0.05) is 0 Å². The molecule has 0 aromatic heterocycles. The van der Waals surface area contributed by atoms with E-state index in [0.29, 0.717) is 0 Å². The lowest BCUT2D eigenvalue weighted by atomic mass is 9.75. The lowest BCUT2D eigenvalue weighted by Gasteiger charge is -2.34. The largest absolute Gasteiger partial charge is 0.114 e. The number of hydrogen-bond donors (Lipinski definition) is 0. The molecule has 0 saturated carbocycles. The molecule has 19 heavy (non-hydrogen) atoms. The Morgan fingerprint density at radius 1 is 0.737 bits per heavy atom. The van der Waals surface area contributed by atoms with Crippen molar-refractivity contribution >= 4 is 11.6 Å². The topological polar surface area (TPSA) is 0 Å². The summed E-state index contributed by atoms with van der Waals surface area (Å²) in [7, 11) is 0. The average molecular weight is 273 g/mol. The van der Waals surface area contributed by atoms with E-state index in [-0.39, 0.29) is 10.3 Å². The van der Waals surface area contributed by atoms with E-state index >= 15 is 0 Å². The van der Waals surface area contributed by atoms with Crippen molar-refractivity contribution in [1.29, 1.82) is 0 Å². The average Bonchev–Trinajstić information content (AvgIpc) is 2.40. The van der Waals surface area contributed by atoms with E-state index in [2.05, 4.69) is 63.2 Å². The molecule has 0 nitrogen and oxygen atoms in total. The predicted molar refractivity (Wildman–Crippen MR) is 83.7 cm³/mol. The zero-order valence-electron chi connectivity index (χ0n) is 11.9. The number of halogens is 1. The van der Waals surface area contributed by atoms with Crippen LogP contribution in [0.2, 0.25) is 0 Å². The minimum absolute atomic E-state index is 0.0492. The summed E-state index contributed by atoms with van der Waals surface area (Å²) in [4.78, 5) is -0.347. The predicted octanol–water partition coefficient (Wildman–Crippen LogP) is 5.51. The van der Waals surface area contributed by atoms with Gasteiger partial charge >= 0.3 is 0 Å². The second kappa shape index (κ2) is 5.38. The van der Waals surface area contributed by atoms with Gasteiger partial charge in [-0.25, -0.2) is 0 Å². The summed E-state index contributed by atoms with van der Waals surface area (Å²) in [6.45, 7) is 6.62. The summed E-state index contributed by atoms with van der Waals surface area (Å²) in [6, 6.07) is 20.9. The highest BCUT2D eigenvalue weighted by atomic mass is 35.5. The van der Waals surface area contributed by atoms with Gasteiger partial charge in [-0.3, -0.25) is 0 Å². The van der Waals surface area contributed by atoms with Gasteiger partial charge in [-0.2, -0.15) is 0 Å². The highest BCUT2D eigenvalue weighted by Crippen LogP contribution is 2.41. The van der Waals surface area contributed by atoms with Crippen molar-refractivity contribution in [2.45, 2.75) is 37.5 Å². The van der Waals surface area contributed by atoms with Crippen LogP contribution in [0, 0.1) is 0 Å². The molecule has 1 heteroatoms. The normalized spacial score (nSPS) is 14.9. The molecule has 0 N–H and O–H groups in total. The molecule has 2 aromatic rings. The maximum atomic E-state index is 6.80. The first kappa shape index (κ1) is 14.1. The Hall–Kier alpha value is -1.27. The third kappa shape index (κ3) is 3.39. The van der Waals surface area contributed by atoms with Gasteiger partial charge in [0.25, 0.3) is 0 Å². The fraction of sp³-hybridized carbons (Fsp3) is 0.333. The van der Waals surface area contributed by atoms with Gasteiger partial charge in [-0.1, -0.05) is 74.5 Å². The van der Waals surface area contributed by atoms with Crippen molar-refractivity contribution in [3.8, 4) is 0 Å². The Balaban J connectivity index is 2.25. The first-order valence-electron chi connectivity index (χ1n) is 6.72. The summed E-state index contributed by atoms with van der Waals surface area (Å²) >= 11 is 6.80. The summed E-state index contributed by atoms with van der Waals surface area (Å²) in [6.07, 6.45) is 0.898. The summed E-state index contributed by atoms with van der Waals surface area (Å²) in [5.74, 6) is 0. The SMILES string of the molecule is CC(C)(CC(C)(Cl)c1ccccc1)c1ccccc1. The number of benzene rings is 2. The van der Waals surface area contributed by atoms with Gasteiger partial charge in [0.2, 0.25) is 0 Å². The van der Waals surface area contributed by atoms with Gasteiger partial charge in [-0.05, 0) is 29.9 Å². The maximum Gasteiger partial charge on any atom is 0.0675 e. The molecule has 0 spiro atoms. The Morgan fingerprint density at radius 3 is 1.63 bits per heavy atom. The first-order chi connectivity index (χ1) is 8.92. The van der Waals surface area contributed by atoms with Crippen molar-refractivity contribution in [1.82, 2.24) is 0 Å². The minimum atomic E-state index is -0.347. The van der Waals surface area contributed by atoms with Crippen LogP contribution in [0.5, 0.6) is 0 Å². The van der Waals surface area contributed by atoms with Gasteiger partial charge in [-0.15, -0.1) is 11.6 Å². The molecule has 0 aliphatic heterocycles. The smallest absolute Gasteiger partial charge is 0.0675 e. The lowest BCUT2D eigenvalue weighted by molar-refractivity contribution is 0.409. The first-order valence-corrected chi connectivity index (χ1v) is 7.10. The van der Waals surface area contributed by atoms with Gasteiger partial charge in [0.15, 0.2) is 0 Å². The number of alkyl halides is 1. The summed E-state index contributed by atoms with van der Waals surface area (Å²) in [5.41, 5.74) is 2.56. The van der Waals surface area contributed by atoms with Crippen molar-refractivity contribution < 1.29 is 0 Å². The van der Waals surface area contributed by atoms with E-state index in [1.54, 1.807) is 0 Å². The van der Waals surface area contributed by atoms with Crippen molar-refractivity contribution in [2.75, 3.05) is 0 Å². The van der Waals surface area contributed by atoms with Crippen LogP contribution in [-0.2, 0) is 10.3 Å². The van der Waals surface area contributed by atoms with Crippen LogP contribution < -0.4 is 0 Å². The Labute approximate surface area is 121 Å². The summed E-state index contributed by atoms with van der Waals surface area (Å²) in [5, 5.41) is 0. The van der Waals surface area contributed by atoms with Crippen molar-refractivity contribution in [2.24, 2.45) is 0 Å². The van der Waals surface area contributed by atoms with E-state index in [9.17, 15) is 0 Å². The van der Waals surface area contributed by atoms with Crippen LogP contribution in [0.25, 0.3) is 0 Å². The van der Waals surface area contributed by atoms with E-state index < -0.39 is 0 Å². The van der Waals surface area contributed by atoms with Crippen LogP contribution >= 0.6 is 11.6 Å². The molecule has 100 valence electrons. The Bertz CT molecular complexity index is 462. The fourth-order valence-corrected chi connectivity index (χ4v) is 3.17. The molecular weight excluding hydrogens is 252 g/mol. The molecule has 1 unspecified atom stereocenters. The monoisotopic (exact) mass is 272 g/mol. The Kier molecular flexibility index (Phi) is 4.01. The molecule has 2 aromatic carbocycles. The number of hydrogen-bond acceptors (Lipinski definition) is 0. The van der Waals surface area contributed by atoms with Crippen LogP contribution in [0.15, 0.2) is 60.7 Å².